The van der Waals surface area contributed by atoms with Crippen molar-refractivity contribution in [3.8, 4) is 5.75 Å². The summed E-state index contributed by atoms with van der Waals surface area (Å²) in [5.74, 6) is -0.279. The monoisotopic (exact) mass is 407 g/mol. The summed E-state index contributed by atoms with van der Waals surface area (Å²) in [5.41, 5.74) is 0.595. The van der Waals surface area contributed by atoms with Gasteiger partial charge in [-0.1, -0.05) is 0 Å². The van der Waals surface area contributed by atoms with Gasteiger partial charge in [-0.05, 0) is 51.1 Å². The molecule has 1 amide bonds. The van der Waals surface area contributed by atoms with E-state index < -0.39 is 20.9 Å². The van der Waals surface area contributed by atoms with Crippen LogP contribution in [0.25, 0.3) is 0 Å². The van der Waals surface area contributed by atoms with Gasteiger partial charge in [0.05, 0.1) is 22.6 Å². The molecule has 150 valence electrons. The molecule has 0 aromatic heterocycles. The summed E-state index contributed by atoms with van der Waals surface area (Å²) in [5, 5.41) is 13.5. The molecule has 10 heteroatoms. The van der Waals surface area contributed by atoms with E-state index in [1.807, 2.05) is 0 Å². The quantitative estimate of drug-likeness (QED) is 0.537. The van der Waals surface area contributed by atoms with Crippen molar-refractivity contribution in [2.75, 3.05) is 12.4 Å². The van der Waals surface area contributed by atoms with Gasteiger partial charge in [0.2, 0.25) is 10.0 Å². The number of hydrogen-bond donors (Lipinski definition) is 2. The first-order valence-corrected chi connectivity index (χ1v) is 9.80. The Hall–Kier alpha value is -2.98. The number of amides is 1. The Morgan fingerprint density at radius 2 is 1.86 bits per heavy atom. The highest BCUT2D eigenvalue weighted by Gasteiger charge is 2.20. The summed E-state index contributed by atoms with van der Waals surface area (Å²) < 4.78 is 32.4. The molecule has 0 aliphatic rings. The van der Waals surface area contributed by atoms with Gasteiger partial charge in [0.25, 0.3) is 11.6 Å². The third-order valence-electron chi connectivity index (χ3n) is 3.78. The number of ether oxygens (including phenoxy) is 1. The van der Waals surface area contributed by atoms with E-state index in [0.29, 0.717) is 5.56 Å². The number of hydrogen-bond acceptors (Lipinski definition) is 6. The Morgan fingerprint density at radius 1 is 1.18 bits per heavy atom. The Bertz CT molecular complexity index is 1020. The average molecular weight is 407 g/mol. The van der Waals surface area contributed by atoms with Crippen LogP contribution in [0.1, 0.15) is 29.8 Å². The second-order valence-electron chi connectivity index (χ2n) is 6.35. The van der Waals surface area contributed by atoms with Gasteiger partial charge in [0, 0.05) is 23.2 Å². The van der Waals surface area contributed by atoms with Gasteiger partial charge < -0.3 is 10.1 Å². The van der Waals surface area contributed by atoms with E-state index in [-0.39, 0.29) is 33.6 Å². The van der Waals surface area contributed by atoms with Crippen molar-refractivity contribution < 1.29 is 22.9 Å². The van der Waals surface area contributed by atoms with Crippen LogP contribution < -0.4 is 14.8 Å². The third-order valence-corrected chi connectivity index (χ3v) is 5.43. The van der Waals surface area contributed by atoms with Crippen molar-refractivity contribution in [3.05, 3.63) is 57.6 Å². The standard InChI is InChI=1S/C18H21N3O6S/c1-11(2)20-28(25,26)14-6-8-17(27-4)15(10-14)19-18(22)13-5-7-16(21(23)24)12(3)9-13/h5-11,20H,1-4H3,(H,19,22). The van der Waals surface area contributed by atoms with E-state index in [0.717, 1.165) is 0 Å². The van der Waals surface area contributed by atoms with Crippen LogP contribution in [0.2, 0.25) is 0 Å². The summed E-state index contributed by atoms with van der Waals surface area (Å²) in [6.45, 7) is 4.92. The molecule has 0 fully saturated rings. The van der Waals surface area contributed by atoms with Gasteiger partial charge in [-0.15, -0.1) is 0 Å². The second-order valence-corrected chi connectivity index (χ2v) is 8.06. The largest absolute Gasteiger partial charge is 0.495 e. The molecule has 9 nitrogen and oxygen atoms in total. The maximum atomic E-state index is 12.6. The van der Waals surface area contributed by atoms with Crippen molar-refractivity contribution in [1.82, 2.24) is 4.72 Å². The number of anilines is 1. The Morgan fingerprint density at radius 3 is 2.39 bits per heavy atom. The van der Waals surface area contributed by atoms with Gasteiger partial charge in [-0.2, -0.15) is 0 Å². The van der Waals surface area contributed by atoms with Gasteiger partial charge in [0.1, 0.15) is 5.75 Å². The number of nitro benzene ring substituents is 1. The van der Waals surface area contributed by atoms with Crippen molar-refractivity contribution in [3.63, 3.8) is 0 Å². The fraction of sp³-hybridized carbons (Fsp3) is 0.278. The van der Waals surface area contributed by atoms with Gasteiger partial charge >= 0.3 is 0 Å². The zero-order chi connectivity index (χ0) is 21.1. The lowest BCUT2D eigenvalue weighted by Crippen LogP contribution is -2.30. The number of methoxy groups -OCH3 is 1. The molecule has 0 radical (unpaired) electrons. The lowest BCUT2D eigenvalue weighted by molar-refractivity contribution is -0.385. The molecular formula is C18H21N3O6S. The second kappa shape index (κ2) is 8.36. The zero-order valence-corrected chi connectivity index (χ0v) is 16.7. The highest BCUT2D eigenvalue weighted by Crippen LogP contribution is 2.28. The van der Waals surface area contributed by atoms with E-state index in [1.54, 1.807) is 13.8 Å². The average Bonchev–Trinajstić information content (AvgIpc) is 2.60. The first kappa shape index (κ1) is 21.3. The predicted molar refractivity (Wildman–Crippen MR) is 104 cm³/mol. The van der Waals surface area contributed by atoms with Crippen molar-refractivity contribution in [1.29, 1.82) is 0 Å². The fourth-order valence-corrected chi connectivity index (χ4v) is 3.80. The Balaban J connectivity index is 2.37. The minimum atomic E-state index is -3.76. The molecule has 0 aliphatic carbocycles. The smallest absolute Gasteiger partial charge is 0.272 e. The van der Waals surface area contributed by atoms with E-state index >= 15 is 0 Å². The number of nitro groups is 1. The topological polar surface area (TPSA) is 128 Å². The normalized spacial score (nSPS) is 11.3. The van der Waals surface area contributed by atoms with Gasteiger partial charge in [-0.3, -0.25) is 14.9 Å². The van der Waals surface area contributed by atoms with E-state index in [4.69, 9.17) is 4.74 Å². The lowest BCUT2D eigenvalue weighted by atomic mass is 10.1. The summed E-state index contributed by atoms with van der Waals surface area (Å²) in [4.78, 5) is 22.9. The molecule has 2 aromatic carbocycles. The van der Waals surface area contributed by atoms with Crippen molar-refractivity contribution >= 4 is 27.3 Å². The Labute approximate surface area is 162 Å². The predicted octanol–water partition coefficient (Wildman–Crippen LogP) is 2.85. The van der Waals surface area contributed by atoms with E-state index in [2.05, 4.69) is 10.0 Å². The molecule has 28 heavy (non-hydrogen) atoms. The third kappa shape index (κ3) is 4.84. The van der Waals surface area contributed by atoms with Crippen LogP contribution in [0.15, 0.2) is 41.3 Å². The van der Waals surface area contributed by atoms with Gasteiger partial charge in [0.15, 0.2) is 0 Å². The van der Waals surface area contributed by atoms with E-state index in [1.165, 1.54) is 50.4 Å². The lowest BCUT2D eigenvalue weighted by Gasteiger charge is -2.14. The number of rotatable bonds is 7. The Kier molecular flexibility index (Phi) is 6.37. The number of aryl methyl sites for hydroxylation is 1. The van der Waals surface area contributed by atoms with Crippen molar-refractivity contribution in [2.45, 2.75) is 31.7 Å². The molecule has 0 bridgehead atoms. The number of carbonyl (C=O) groups excluding carboxylic acids is 1. The maximum Gasteiger partial charge on any atom is 0.272 e. The van der Waals surface area contributed by atoms with Crippen LogP contribution in [0.3, 0.4) is 0 Å². The van der Waals surface area contributed by atoms with Crippen LogP contribution in [0.4, 0.5) is 11.4 Å². The highest BCUT2D eigenvalue weighted by atomic mass is 32.2. The van der Waals surface area contributed by atoms with Crippen LogP contribution >= 0.6 is 0 Å². The molecule has 0 saturated carbocycles. The molecule has 0 atom stereocenters. The number of nitrogens with one attached hydrogen (secondary N) is 2. The number of benzene rings is 2. The molecule has 0 heterocycles. The van der Waals surface area contributed by atoms with Crippen LogP contribution in [0, 0.1) is 17.0 Å². The molecular weight excluding hydrogens is 386 g/mol. The molecule has 0 spiro atoms. The maximum absolute atomic E-state index is 12.6. The summed E-state index contributed by atoms with van der Waals surface area (Å²) in [6.07, 6.45) is 0. The number of carbonyl (C=O) groups is 1. The summed E-state index contributed by atoms with van der Waals surface area (Å²) in [7, 11) is -2.37. The molecule has 0 saturated heterocycles. The van der Waals surface area contributed by atoms with Crippen molar-refractivity contribution in [2.24, 2.45) is 0 Å². The first-order valence-electron chi connectivity index (χ1n) is 8.32. The van der Waals surface area contributed by atoms with Crippen LogP contribution in [-0.2, 0) is 10.0 Å². The first-order chi connectivity index (χ1) is 13.0. The molecule has 0 unspecified atom stereocenters. The molecule has 0 aliphatic heterocycles. The summed E-state index contributed by atoms with van der Waals surface area (Å²) in [6, 6.07) is 7.76. The molecule has 2 rings (SSSR count). The number of sulfonamides is 1. The van der Waals surface area contributed by atoms with Crippen LogP contribution in [-0.4, -0.2) is 32.4 Å². The van der Waals surface area contributed by atoms with Gasteiger partial charge in [-0.25, -0.2) is 13.1 Å². The minimum Gasteiger partial charge on any atom is -0.495 e. The zero-order valence-electron chi connectivity index (χ0n) is 15.8. The minimum absolute atomic E-state index is 0.0304. The van der Waals surface area contributed by atoms with E-state index in [9.17, 15) is 23.3 Å². The molecule has 2 N–H and O–H groups in total. The highest BCUT2D eigenvalue weighted by molar-refractivity contribution is 7.89. The number of nitrogens with zero attached hydrogens (tertiary/aromatic N) is 1. The fourth-order valence-electron chi connectivity index (χ4n) is 2.53. The summed E-state index contributed by atoms with van der Waals surface area (Å²) >= 11 is 0. The SMILES string of the molecule is COc1ccc(S(=O)(=O)NC(C)C)cc1NC(=O)c1ccc([N+](=O)[O-])c(C)c1. The van der Waals surface area contributed by atoms with Crippen LogP contribution in [0.5, 0.6) is 5.75 Å². The molecule has 2 aromatic rings.